The number of aliphatic hydroxyl groups is 1. The lowest BCUT2D eigenvalue weighted by molar-refractivity contribution is -0.139. The summed E-state index contributed by atoms with van der Waals surface area (Å²) in [6.07, 6.45) is 6.03. The van der Waals surface area contributed by atoms with Crippen LogP contribution in [0, 0.1) is 12.8 Å². The number of likely N-dealkylation sites (tertiary alicyclic amines) is 1. The molecule has 1 amide bonds. The maximum Gasteiger partial charge on any atom is 0.233 e. The molecule has 1 aromatic rings. The van der Waals surface area contributed by atoms with Gasteiger partial charge in [-0.1, -0.05) is 25.0 Å². The normalized spacial score (nSPS) is 23.3. The highest BCUT2D eigenvalue weighted by Gasteiger charge is 2.45. The summed E-state index contributed by atoms with van der Waals surface area (Å²) in [7, 11) is 1.69. The summed E-state index contributed by atoms with van der Waals surface area (Å²) in [5.74, 6) is 1.34. The molecule has 0 spiro atoms. The van der Waals surface area contributed by atoms with Crippen molar-refractivity contribution in [3.05, 3.63) is 29.3 Å². The number of hydrogen-bond donors (Lipinski definition) is 1. The maximum absolute atomic E-state index is 13.5. The second-order valence-corrected chi connectivity index (χ2v) is 7.42. The molecular formula is C20H29NO3. The Morgan fingerprint density at radius 3 is 2.75 bits per heavy atom. The minimum atomic E-state index is -0.404. The fourth-order valence-electron chi connectivity index (χ4n) is 4.42. The van der Waals surface area contributed by atoms with E-state index in [-0.39, 0.29) is 18.4 Å². The van der Waals surface area contributed by atoms with Crippen LogP contribution in [-0.4, -0.2) is 42.7 Å². The number of carbonyl (C=O) groups is 1. The van der Waals surface area contributed by atoms with Gasteiger partial charge in [-0.2, -0.15) is 0 Å². The van der Waals surface area contributed by atoms with Crippen molar-refractivity contribution < 1.29 is 14.6 Å². The molecule has 1 unspecified atom stereocenters. The number of aryl methyl sites for hydroxylation is 1. The van der Waals surface area contributed by atoms with Crippen LogP contribution >= 0.6 is 0 Å². The molecule has 1 heterocycles. The number of nitrogens with zero attached hydrogens (tertiary/aromatic N) is 1. The summed E-state index contributed by atoms with van der Waals surface area (Å²) >= 11 is 0. The van der Waals surface area contributed by atoms with Crippen LogP contribution in [0.1, 0.15) is 49.7 Å². The van der Waals surface area contributed by atoms with Crippen LogP contribution in [-0.2, 0) is 10.2 Å². The van der Waals surface area contributed by atoms with Gasteiger partial charge in [0.15, 0.2) is 0 Å². The molecule has 4 heteroatoms. The molecule has 0 aromatic heterocycles. The van der Waals surface area contributed by atoms with E-state index < -0.39 is 5.41 Å². The largest absolute Gasteiger partial charge is 0.496 e. The number of ether oxygens (including phenoxy) is 1. The molecule has 1 saturated heterocycles. The van der Waals surface area contributed by atoms with Gasteiger partial charge in [-0.25, -0.2) is 0 Å². The van der Waals surface area contributed by atoms with Crippen LogP contribution in [0.15, 0.2) is 18.2 Å². The number of methoxy groups -OCH3 is 1. The van der Waals surface area contributed by atoms with E-state index in [1.807, 2.05) is 11.8 Å². The van der Waals surface area contributed by atoms with Crippen LogP contribution < -0.4 is 4.74 Å². The van der Waals surface area contributed by atoms with E-state index in [0.717, 1.165) is 61.9 Å². The highest BCUT2D eigenvalue weighted by molar-refractivity contribution is 5.89. The minimum Gasteiger partial charge on any atom is -0.496 e. The smallest absolute Gasteiger partial charge is 0.233 e. The third-order valence-electron chi connectivity index (χ3n) is 5.89. The summed E-state index contributed by atoms with van der Waals surface area (Å²) in [5, 5.41) is 9.48. The first kappa shape index (κ1) is 17.3. The molecule has 0 radical (unpaired) electrons. The van der Waals surface area contributed by atoms with Crippen LogP contribution in [0.3, 0.4) is 0 Å². The number of benzene rings is 1. The lowest BCUT2D eigenvalue weighted by Crippen LogP contribution is -2.49. The molecule has 1 N–H and O–H groups in total. The Morgan fingerprint density at radius 1 is 1.33 bits per heavy atom. The molecule has 1 aliphatic carbocycles. The number of piperidine rings is 1. The van der Waals surface area contributed by atoms with Crippen molar-refractivity contribution in [1.29, 1.82) is 0 Å². The molecule has 3 rings (SSSR count). The Bertz CT molecular complexity index is 593. The summed E-state index contributed by atoms with van der Waals surface area (Å²) in [4.78, 5) is 15.5. The molecule has 132 valence electrons. The van der Waals surface area contributed by atoms with Gasteiger partial charge in [-0.05, 0) is 55.7 Å². The summed E-state index contributed by atoms with van der Waals surface area (Å²) < 4.78 is 5.49. The number of amides is 1. The summed E-state index contributed by atoms with van der Waals surface area (Å²) in [5.41, 5.74) is 1.79. The first-order chi connectivity index (χ1) is 11.6. The third kappa shape index (κ3) is 3.04. The zero-order valence-electron chi connectivity index (χ0n) is 14.9. The molecule has 0 bridgehead atoms. The van der Waals surface area contributed by atoms with Crippen molar-refractivity contribution in [3.63, 3.8) is 0 Å². The predicted octanol–water partition coefficient (Wildman–Crippen LogP) is 3.05. The van der Waals surface area contributed by atoms with Crippen molar-refractivity contribution in [2.75, 3.05) is 26.8 Å². The van der Waals surface area contributed by atoms with Crippen LogP contribution in [0.4, 0.5) is 0 Å². The Labute approximate surface area is 144 Å². The van der Waals surface area contributed by atoms with Crippen LogP contribution in [0.25, 0.3) is 0 Å². The second kappa shape index (κ2) is 7.14. The molecule has 24 heavy (non-hydrogen) atoms. The van der Waals surface area contributed by atoms with E-state index in [0.29, 0.717) is 6.54 Å². The quantitative estimate of drug-likeness (QED) is 0.922. The average Bonchev–Trinajstić information content (AvgIpc) is 3.12. The predicted molar refractivity (Wildman–Crippen MR) is 94.3 cm³/mol. The van der Waals surface area contributed by atoms with Crippen molar-refractivity contribution >= 4 is 5.91 Å². The Balaban J connectivity index is 1.92. The molecular weight excluding hydrogens is 302 g/mol. The standard InChI is InChI=1S/C20H29NO3/c1-15-7-8-17(12-18(15)24-2)20(9-3-4-10-20)19(23)21-11-5-6-16(13-21)14-22/h7-8,12,16,22H,3-6,9-11,13-14H2,1-2H3. The van der Waals surface area contributed by atoms with E-state index in [1.165, 1.54) is 0 Å². The molecule has 4 nitrogen and oxygen atoms in total. The van der Waals surface area contributed by atoms with Crippen molar-refractivity contribution in [2.24, 2.45) is 5.92 Å². The maximum atomic E-state index is 13.5. The summed E-state index contributed by atoms with van der Waals surface area (Å²) in [6, 6.07) is 6.23. The van der Waals surface area contributed by atoms with Crippen LogP contribution in [0.2, 0.25) is 0 Å². The van der Waals surface area contributed by atoms with E-state index in [9.17, 15) is 9.90 Å². The van der Waals surface area contributed by atoms with E-state index in [4.69, 9.17) is 4.74 Å². The second-order valence-electron chi connectivity index (χ2n) is 7.42. The SMILES string of the molecule is COc1cc(C2(C(=O)N3CCCC(CO)C3)CCCC2)ccc1C. The number of carbonyl (C=O) groups excluding carboxylic acids is 1. The average molecular weight is 331 g/mol. The highest BCUT2D eigenvalue weighted by atomic mass is 16.5. The monoisotopic (exact) mass is 331 g/mol. The lowest BCUT2D eigenvalue weighted by Gasteiger charge is -2.39. The van der Waals surface area contributed by atoms with Gasteiger partial charge in [0.1, 0.15) is 5.75 Å². The molecule has 1 aromatic carbocycles. The Kier molecular flexibility index (Phi) is 5.14. The fourth-order valence-corrected chi connectivity index (χ4v) is 4.42. The van der Waals surface area contributed by atoms with Gasteiger partial charge in [-0.15, -0.1) is 0 Å². The fraction of sp³-hybridized carbons (Fsp3) is 0.650. The van der Waals surface area contributed by atoms with E-state index >= 15 is 0 Å². The van der Waals surface area contributed by atoms with E-state index in [1.54, 1.807) is 7.11 Å². The van der Waals surface area contributed by atoms with Crippen molar-refractivity contribution in [2.45, 2.75) is 50.9 Å². The third-order valence-corrected chi connectivity index (χ3v) is 5.89. The zero-order valence-corrected chi connectivity index (χ0v) is 14.9. The van der Waals surface area contributed by atoms with Gasteiger partial charge in [0.05, 0.1) is 12.5 Å². The minimum absolute atomic E-state index is 0.176. The Morgan fingerprint density at radius 2 is 2.08 bits per heavy atom. The van der Waals surface area contributed by atoms with Gasteiger partial charge in [0.25, 0.3) is 0 Å². The molecule has 2 aliphatic rings. The molecule has 2 fully saturated rings. The topological polar surface area (TPSA) is 49.8 Å². The van der Waals surface area contributed by atoms with Crippen molar-refractivity contribution in [1.82, 2.24) is 4.90 Å². The molecule has 1 aliphatic heterocycles. The molecule has 1 atom stereocenters. The van der Waals surface area contributed by atoms with Gasteiger partial charge in [-0.3, -0.25) is 4.79 Å². The lowest BCUT2D eigenvalue weighted by atomic mass is 9.76. The van der Waals surface area contributed by atoms with Gasteiger partial charge < -0.3 is 14.7 Å². The van der Waals surface area contributed by atoms with Crippen LogP contribution in [0.5, 0.6) is 5.75 Å². The van der Waals surface area contributed by atoms with Gasteiger partial charge in [0, 0.05) is 19.7 Å². The zero-order chi connectivity index (χ0) is 17.2. The van der Waals surface area contributed by atoms with Gasteiger partial charge in [0.2, 0.25) is 5.91 Å². The van der Waals surface area contributed by atoms with Gasteiger partial charge >= 0.3 is 0 Å². The summed E-state index contributed by atoms with van der Waals surface area (Å²) in [6.45, 7) is 3.72. The number of aliphatic hydroxyl groups excluding tert-OH is 1. The highest BCUT2D eigenvalue weighted by Crippen LogP contribution is 2.44. The number of rotatable bonds is 4. The Hall–Kier alpha value is -1.55. The van der Waals surface area contributed by atoms with E-state index in [2.05, 4.69) is 18.2 Å². The first-order valence-electron chi connectivity index (χ1n) is 9.16. The first-order valence-corrected chi connectivity index (χ1v) is 9.16. The number of hydrogen-bond acceptors (Lipinski definition) is 3. The van der Waals surface area contributed by atoms with Crippen molar-refractivity contribution in [3.8, 4) is 5.75 Å². The molecule has 1 saturated carbocycles.